The molecule has 0 unspecified atom stereocenters. The Kier molecular flexibility index (Phi) is 5.91. The fourth-order valence-electron chi connectivity index (χ4n) is 3.16. The van der Waals surface area contributed by atoms with Gasteiger partial charge in [0.15, 0.2) is 0 Å². The zero-order chi connectivity index (χ0) is 19.2. The number of aryl methyl sites for hydroxylation is 1. The molecule has 0 aromatic heterocycles. The summed E-state index contributed by atoms with van der Waals surface area (Å²) in [5.74, 6) is -0.620. The molecule has 0 atom stereocenters. The third-order valence-corrected chi connectivity index (χ3v) is 4.65. The average molecular weight is 365 g/mol. The fraction of sp³-hybridized carbons (Fsp3) is 0.273. The molecule has 0 radical (unpaired) electrons. The maximum absolute atomic E-state index is 12.2. The van der Waals surface area contributed by atoms with Gasteiger partial charge in [-0.25, -0.2) is 4.79 Å². The van der Waals surface area contributed by atoms with Crippen molar-refractivity contribution in [2.45, 2.75) is 38.7 Å². The van der Waals surface area contributed by atoms with E-state index in [-0.39, 0.29) is 23.3 Å². The molecule has 1 fully saturated rings. The molecule has 1 saturated carbocycles. The van der Waals surface area contributed by atoms with E-state index in [1.54, 1.807) is 24.3 Å². The van der Waals surface area contributed by atoms with Crippen LogP contribution < -0.4 is 10.1 Å². The zero-order valence-electron chi connectivity index (χ0n) is 15.3. The predicted molar refractivity (Wildman–Crippen MR) is 105 cm³/mol. The second-order valence-electron chi connectivity index (χ2n) is 6.72. The SMILES string of the molecule is Cc1ccc(/C=C/C(=O)Nc2ccccc2C(=O)O)cc1OC1CCCC1. The minimum Gasteiger partial charge on any atom is -0.490 e. The maximum atomic E-state index is 12.2. The second kappa shape index (κ2) is 8.54. The predicted octanol–water partition coefficient (Wildman–Crippen LogP) is 4.67. The van der Waals surface area contributed by atoms with Crippen molar-refractivity contribution in [1.29, 1.82) is 0 Å². The number of anilines is 1. The van der Waals surface area contributed by atoms with Crippen LogP contribution in [0.2, 0.25) is 0 Å². The molecule has 1 aliphatic rings. The number of rotatable bonds is 6. The number of hydrogen-bond donors (Lipinski definition) is 2. The summed E-state index contributed by atoms with van der Waals surface area (Å²) in [4.78, 5) is 23.4. The van der Waals surface area contributed by atoms with Gasteiger partial charge in [-0.05, 0) is 68.0 Å². The molecule has 2 aromatic rings. The van der Waals surface area contributed by atoms with E-state index >= 15 is 0 Å². The largest absolute Gasteiger partial charge is 0.490 e. The van der Waals surface area contributed by atoms with Gasteiger partial charge >= 0.3 is 5.97 Å². The second-order valence-corrected chi connectivity index (χ2v) is 6.72. The molecule has 5 heteroatoms. The van der Waals surface area contributed by atoms with Crippen LogP contribution in [-0.4, -0.2) is 23.1 Å². The first-order chi connectivity index (χ1) is 13.0. The Balaban J connectivity index is 1.68. The Morgan fingerprint density at radius 1 is 1.15 bits per heavy atom. The first-order valence-corrected chi connectivity index (χ1v) is 9.11. The Labute approximate surface area is 158 Å². The molecule has 0 saturated heterocycles. The van der Waals surface area contributed by atoms with Gasteiger partial charge in [-0.2, -0.15) is 0 Å². The van der Waals surface area contributed by atoms with Gasteiger partial charge in [-0.3, -0.25) is 4.79 Å². The van der Waals surface area contributed by atoms with Crippen molar-refractivity contribution in [3.63, 3.8) is 0 Å². The molecule has 3 rings (SSSR count). The average Bonchev–Trinajstić information content (AvgIpc) is 3.16. The highest BCUT2D eigenvalue weighted by Crippen LogP contribution is 2.27. The Morgan fingerprint density at radius 3 is 2.63 bits per heavy atom. The van der Waals surface area contributed by atoms with E-state index in [2.05, 4.69) is 5.32 Å². The van der Waals surface area contributed by atoms with E-state index in [1.165, 1.54) is 25.0 Å². The summed E-state index contributed by atoms with van der Waals surface area (Å²) in [5.41, 5.74) is 2.25. The monoisotopic (exact) mass is 365 g/mol. The summed E-state index contributed by atoms with van der Waals surface area (Å²) in [6, 6.07) is 12.1. The number of nitrogens with one attached hydrogen (secondary N) is 1. The topological polar surface area (TPSA) is 75.6 Å². The van der Waals surface area contributed by atoms with Crippen molar-refractivity contribution in [3.8, 4) is 5.75 Å². The number of amides is 1. The fourth-order valence-corrected chi connectivity index (χ4v) is 3.16. The number of hydrogen-bond acceptors (Lipinski definition) is 3. The highest BCUT2D eigenvalue weighted by molar-refractivity contribution is 6.06. The van der Waals surface area contributed by atoms with Crippen molar-refractivity contribution < 1.29 is 19.4 Å². The highest BCUT2D eigenvalue weighted by atomic mass is 16.5. The molecule has 0 aliphatic heterocycles. The first-order valence-electron chi connectivity index (χ1n) is 9.11. The van der Waals surface area contributed by atoms with Gasteiger partial charge in [-0.15, -0.1) is 0 Å². The number of carbonyl (C=O) groups excluding carboxylic acids is 1. The number of carboxylic acid groups (broad SMARTS) is 1. The summed E-state index contributed by atoms with van der Waals surface area (Å²) in [6.07, 6.45) is 7.96. The number of ether oxygens (including phenoxy) is 1. The molecule has 1 amide bonds. The van der Waals surface area contributed by atoms with E-state index in [1.807, 2.05) is 25.1 Å². The number of para-hydroxylation sites is 1. The summed E-state index contributed by atoms with van der Waals surface area (Å²) in [5, 5.41) is 11.8. The van der Waals surface area contributed by atoms with Crippen LogP contribution >= 0.6 is 0 Å². The highest BCUT2D eigenvalue weighted by Gasteiger charge is 2.17. The third-order valence-electron chi connectivity index (χ3n) is 4.65. The van der Waals surface area contributed by atoms with Gasteiger partial charge in [0.05, 0.1) is 17.4 Å². The van der Waals surface area contributed by atoms with Crippen LogP contribution in [0.3, 0.4) is 0 Å². The van der Waals surface area contributed by atoms with Crippen LogP contribution in [0.1, 0.15) is 47.2 Å². The molecule has 2 N–H and O–H groups in total. The lowest BCUT2D eigenvalue weighted by Crippen LogP contribution is -2.12. The van der Waals surface area contributed by atoms with Crippen molar-refractivity contribution >= 4 is 23.6 Å². The van der Waals surface area contributed by atoms with E-state index in [0.29, 0.717) is 0 Å². The molecule has 0 bridgehead atoms. The molecule has 5 nitrogen and oxygen atoms in total. The Hall–Kier alpha value is -3.08. The van der Waals surface area contributed by atoms with Gasteiger partial charge < -0.3 is 15.2 Å². The van der Waals surface area contributed by atoms with Crippen LogP contribution in [0.15, 0.2) is 48.5 Å². The minimum atomic E-state index is -1.08. The molecule has 0 heterocycles. The van der Waals surface area contributed by atoms with Crippen molar-refractivity contribution in [2.75, 3.05) is 5.32 Å². The maximum Gasteiger partial charge on any atom is 0.337 e. The van der Waals surface area contributed by atoms with Crippen molar-refractivity contribution in [2.24, 2.45) is 0 Å². The third kappa shape index (κ3) is 4.97. The zero-order valence-corrected chi connectivity index (χ0v) is 15.3. The smallest absolute Gasteiger partial charge is 0.337 e. The number of carboxylic acids is 1. The van der Waals surface area contributed by atoms with Crippen molar-refractivity contribution in [1.82, 2.24) is 0 Å². The summed E-state index contributed by atoms with van der Waals surface area (Å²) >= 11 is 0. The quantitative estimate of drug-likeness (QED) is 0.730. The first kappa shape index (κ1) is 18.7. The molecule has 0 spiro atoms. The lowest BCUT2D eigenvalue weighted by molar-refractivity contribution is -0.111. The van der Waals surface area contributed by atoms with Gasteiger partial charge in [0.25, 0.3) is 0 Å². The number of carbonyl (C=O) groups is 2. The van der Waals surface area contributed by atoms with Crippen molar-refractivity contribution in [3.05, 3.63) is 65.2 Å². The number of aromatic carboxylic acids is 1. The Morgan fingerprint density at radius 2 is 1.89 bits per heavy atom. The van der Waals surface area contributed by atoms with Gasteiger partial charge in [-0.1, -0.05) is 24.3 Å². The molecule has 1 aliphatic carbocycles. The van der Waals surface area contributed by atoms with Crippen LogP contribution in [0.5, 0.6) is 5.75 Å². The minimum absolute atomic E-state index is 0.0573. The van der Waals surface area contributed by atoms with E-state index in [9.17, 15) is 14.7 Å². The van der Waals surface area contributed by atoms with Gasteiger partial charge in [0.1, 0.15) is 5.75 Å². The number of benzene rings is 2. The van der Waals surface area contributed by atoms with E-state index in [0.717, 1.165) is 29.7 Å². The Bertz CT molecular complexity index is 866. The van der Waals surface area contributed by atoms with Crippen LogP contribution in [0.4, 0.5) is 5.69 Å². The van der Waals surface area contributed by atoms with Gasteiger partial charge in [0, 0.05) is 6.08 Å². The molecule has 27 heavy (non-hydrogen) atoms. The lowest BCUT2D eigenvalue weighted by Gasteiger charge is -2.15. The van der Waals surface area contributed by atoms with E-state index in [4.69, 9.17) is 4.74 Å². The standard InChI is InChI=1S/C22H23NO4/c1-15-10-11-16(14-20(15)27-17-6-2-3-7-17)12-13-21(24)23-19-9-5-4-8-18(19)22(25)26/h4-5,8-14,17H,2-3,6-7H2,1H3,(H,23,24)(H,25,26)/b13-12+. The molecule has 2 aromatic carbocycles. The van der Waals surface area contributed by atoms with Gasteiger partial charge in [0.2, 0.25) is 5.91 Å². The normalized spacial score (nSPS) is 14.4. The lowest BCUT2D eigenvalue weighted by atomic mass is 10.1. The summed E-state index contributed by atoms with van der Waals surface area (Å²) < 4.78 is 6.09. The van der Waals surface area contributed by atoms with Crippen LogP contribution in [0.25, 0.3) is 6.08 Å². The summed E-state index contributed by atoms with van der Waals surface area (Å²) in [7, 11) is 0. The van der Waals surface area contributed by atoms with Crippen LogP contribution in [-0.2, 0) is 4.79 Å². The van der Waals surface area contributed by atoms with E-state index < -0.39 is 5.97 Å². The van der Waals surface area contributed by atoms with Crippen LogP contribution in [0, 0.1) is 6.92 Å². The molecule has 140 valence electrons. The summed E-state index contributed by atoms with van der Waals surface area (Å²) in [6.45, 7) is 2.01. The molecular formula is C22H23NO4. The molecular weight excluding hydrogens is 342 g/mol.